The summed E-state index contributed by atoms with van der Waals surface area (Å²) in [6.45, 7) is 4.36. The van der Waals surface area contributed by atoms with Crippen LogP contribution < -0.4 is 5.73 Å². The summed E-state index contributed by atoms with van der Waals surface area (Å²) in [7, 11) is 1.85. The zero-order valence-electron chi connectivity index (χ0n) is 11.4. The summed E-state index contributed by atoms with van der Waals surface area (Å²) in [5.41, 5.74) is 8.63. The number of carbonyl (C=O) groups is 1. The van der Waals surface area contributed by atoms with Gasteiger partial charge in [0.1, 0.15) is 0 Å². The lowest BCUT2D eigenvalue weighted by Gasteiger charge is -2.37. The van der Waals surface area contributed by atoms with Crippen molar-refractivity contribution in [2.24, 2.45) is 5.73 Å². The molecule has 98 valence electrons. The largest absolute Gasteiger partial charge is 0.337 e. The van der Waals surface area contributed by atoms with Crippen LogP contribution in [0.1, 0.15) is 49.8 Å². The van der Waals surface area contributed by atoms with Crippen molar-refractivity contribution in [2.75, 3.05) is 7.05 Å². The smallest absolute Gasteiger partial charge is 0.222 e. The van der Waals surface area contributed by atoms with Gasteiger partial charge in [-0.2, -0.15) is 0 Å². The van der Waals surface area contributed by atoms with E-state index in [0.29, 0.717) is 12.3 Å². The molecule has 0 aromatic heterocycles. The van der Waals surface area contributed by atoms with Gasteiger partial charge in [0.05, 0.1) is 6.04 Å². The number of hydrogen-bond donors (Lipinski definition) is 1. The third kappa shape index (κ3) is 2.41. The van der Waals surface area contributed by atoms with Crippen molar-refractivity contribution in [3.8, 4) is 0 Å². The van der Waals surface area contributed by atoms with E-state index >= 15 is 0 Å². The third-order valence-corrected chi connectivity index (χ3v) is 3.85. The standard InChI is InChI=1S/C15H22N2O/c1-10(2)11-4-6-12(7-5-11)15-13(16)8-9-14(18)17(15)3/h4-7,10,13,15H,8-9,16H2,1-3H3. The first-order valence-corrected chi connectivity index (χ1v) is 6.62. The van der Waals surface area contributed by atoms with Crippen molar-refractivity contribution in [1.29, 1.82) is 0 Å². The Labute approximate surface area is 109 Å². The van der Waals surface area contributed by atoms with E-state index in [4.69, 9.17) is 5.73 Å². The first kappa shape index (κ1) is 13.1. The van der Waals surface area contributed by atoms with Gasteiger partial charge in [0.25, 0.3) is 0 Å². The van der Waals surface area contributed by atoms with E-state index in [2.05, 4.69) is 38.1 Å². The summed E-state index contributed by atoms with van der Waals surface area (Å²) in [5.74, 6) is 0.716. The molecule has 3 heteroatoms. The summed E-state index contributed by atoms with van der Waals surface area (Å²) >= 11 is 0. The van der Waals surface area contributed by atoms with E-state index in [1.807, 2.05) is 7.05 Å². The monoisotopic (exact) mass is 246 g/mol. The lowest BCUT2D eigenvalue weighted by atomic mass is 9.90. The number of likely N-dealkylation sites (N-methyl/N-ethyl adjacent to an activating group) is 1. The normalized spacial score (nSPS) is 24.7. The molecular formula is C15H22N2O. The Morgan fingerprint density at radius 1 is 1.28 bits per heavy atom. The molecule has 2 atom stereocenters. The van der Waals surface area contributed by atoms with Gasteiger partial charge in [-0.15, -0.1) is 0 Å². The Hall–Kier alpha value is -1.35. The van der Waals surface area contributed by atoms with E-state index < -0.39 is 0 Å². The molecule has 2 rings (SSSR count). The molecule has 0 spiro atoms. The van der Waals surface area contributed by atoms with Crippen LogP contribution >= 0.6 is 0 Å². The minimum absolute atomic E-state index is 0.0208. The maximum atomic E-state index is 11.8. The summed E-state index contributed by atoms with van der Waals surface area (Å²) in [5, 5.41) is 0. The van der Waals surface area contributed by atoms with Crippen LogP contribution in [0.4, 0.5) is 0 Å². The Kier molecular flexibility index (Phi) is 3.71. The zero-order valence-corrected chi connectivity index (χ0v) is 11.4. The van der Waals surface area contributed by atoms with Gasteiger partial charge >= 0.3 is 0 Å². The molecule has 1 fully saturated rings. The molecule has 1 heterocycles. The van der Waals surface area contributed by atoms with E-state index in [9.17, 15) is 4.79 Å². The highest BCUT2D eigenvalue weighted by Gasteiger charge is 2.32. The molecule has 0 bridgehead atoms. The van der Waals surface area contributed by atoms with Crippen molar-refractivity contribution in [2.45, 2.75) is 44.7 Å². The molecule has 0 saturated carbocycles. The molecule has 2 N–H and O–H groups in total. The van der Waals surface area contributed by atoms with Crippen LogP contribution in [-0.2, 0) is 4.79 Å². The van der Waals surface area contributed by atoms with Gasteiger partial charge in [-0.3, -0.25) is 4.79 Å². The van der Waals surface area contributed by atoms with E-state index in [1.165, 1.54) is 5.56 Å². The lowest BCUT2D eigenvalue weighted by molar-refractivity contribution is -0.135. The molecule has 18 heavy (non-hydrogen) atoms. The van der Waals surface area contributed by atoms with Crippen LogP contribution in [0, 0.1) is 0 Å². The molecule has 0 aliphatic carbocycles. The minimum atomic E-state index is 0.0208. The average molecular weight is 246 g/mol. The summed E-state index contributed by atoms with van der Waals surface area (Å²) < 4.78 is 0. The topological polar surface area (TPSA) is 46.3 Å². The SMILES string of the molecule is CC(C)c1ccc(C2C(N)CCC(=O)N2C)cc1. The number of carbonyl (C=O) groups excluding carboxylic acids is 1. The number of amides is 1. The second-order valence-electron chi connectivity index (χ2n) is 5.47. The lowest BCUT2D eigenvalue weighted by Crippen LogP contribution is -2.46. The second kappa shape index (κ2) is 5.11. The number of nitrogens with two attached hydrogens (primary N) is 1. The quantitative estimate of drug-likeness (QED) is 0.871. The van der Waals surface area contributed by atoms with E-state index in [1.54, 1.807) is 4.90 Å². The second-order valence-corrected chi connectivity index (χ2v) is 5.47. The first-order valence-electron chi connectivity index (χ1n) is 6.62. The predicted octanol–water partition coefficient (Wildman–Crippen LogP) is 2.43. The van der Waals surface area contributed by atoms with Crippen LogP contribution in [0.15, 0.2) is 24.3 Å². The maximum absolute atomic E-state index is 11.8. The van der Waals surface area contributed by atoms with Crippen molar-refractivity contribution in [3.63, 3.8) is 0 Å². The average Bonchev–Trinajstić information content (AvgIpc) is 2.35. The highest BCUT2D eigenvalue weighted by Crippen LogP contribution is 2.30. The van der Waals surface area contributed by atoms with Gasteiger partial charge in [0, 0.05) is 19.5 Å². The highest BCUT2D eigenvalue weighted by molar-refractivity contribution is 5.77. The number of rotatable bonds is 2. The van der Waals surface area contributed by atoms with Crippen LogP contribution in [0.25, 0.3) is 0 Å². The number of hydrogen-bond acceptors (Lipinski definition) is 2. The van der Waals surface area contributed by atoms with E-state index in [-0.39, 0.29) is 18.0 Å². The molecular weight excluding hydrogens is 224 g/mol. The Balaban J connectivity index is 2.26. The van der Waals surface area contributed by atoms with Crippen molar-refractivity contribution in [1.82, 2.24) is 4.90 Å². The van der Waals surface area contributed by atoms with Crippen LogP contribution in [0.5, 0.6) is 0 Å². The third-order valence-electron chi connectivity index (χ3n) is 3.85. The maximum Gasteiger partial charge on any atom is 0.222 e. The molecule has 3 nitrogen and oxygen atoms in total. The van der Waals surface area contributed by atoms with Crippen LogP contribution in [0.3, 0.4) is 0 Å². The fraction of sp³-hybridized carbons (Fsp3) is 0.533. The van der Waals surface area contributed by atoms with Gasteiger partial charge in [-0.1, -0.05) is 38.1 Å². The van der Waals surface area contributed by atoms with E-state index in [0.717, 1.165) is 12.0 Å². The Bertz CT molecular complexity index is 425. The summed E-state index contributed by atoms with van der Waals surface area (Å²) in [6.07, 6.45) is 1.35. The van der Waals surface area contributed by atoms with Gasteiger partial charge in [-0.05, 0) is 23.5 Å². The summed E-state index contributed by atoms with van der Waals surface area (Å²) in [4.78, 5) is 13.6. The Morgan fingerprint density at radius 2 is 1.89 bits per heavy atom. The van der Waals surface area contributed by atoms with Crippen LogP contribution in [0.2, 0.25) is 0 Å². The number of likely N-dealkylation sites (tertiary alicyclic amines) is 1. The molecule has 2 unspecified atom stereocenters. The van der Waals surface area contributed by atoms with Gasteiger partial charge < -0.3 is 10.6 Å². The fourth-order valence-electron chi connectivity index (χ4n) is 2.62. The molecule has 1 aliphatic rings. The molecule has 0 radical (unpaired) electrons. The van der Waals surface area contributed by atoms with Crippen LogP contribution in [-0.4, -0.2) is 23.9 Å². The number of benzene rings is 1. The highest BCUT2D eigenvalue weighted by atomic mass is 16.2. The predicted molar refractivity (Wildman–Crippen MR) is 73.3 cm³/mol. The van der Waals surface area contributed by atoms with Gasteiger partial charge in [-0.25, -0.2) is 0 Å². The molecule has 1 aromatic carbocycles. The zero-order chi connectivity index (χ0) is 13.3. The summed E-state index contributed by atoms with van der Waals surface area (Å²) in [6, 6.07) is 8.55. The fourth-order valence-corrected chi connectivity index (χ4v) is 2.62. The Morgan fingerprint density at radius 3 is 2.44 bits per heavy atom. The van der Waals surface area contributed by atoms with Crippen molar-refractivity contribution in [3.05, 3.63) is 35.4 Å². The molecule has 1 amide bonds. The molecule has 1 saturated heterocycles. The van der Waals surface area contributed by atoms with Crippen molar-refractivity contribution < 1.29 is 4.79 Å². The van der Waals surface area contributed by atoms with Crippen molar-refractivity contribution >= 4 is 5.91 Å². The van der Waals surface area contributed by atoms with Gasteiger partial charge in [0.2, 0.25) is 5.91 Å². The minimum Gasteiger partial charge on any atom is -0.337 e. The number of piperidine rings is 1. The number of nitrogens with zero attached hydrogens (tertiary/aromatic N) is 1. The molecule has 1 aromatic rings. The first-order chi connectivity index (χ1) is 8.50. The van der Waals surface area contributed by atoms with Gasteiger partial charge in [0.15, 0.2) is 0 Å². The molecule has 1 aliphatic heterocycles.